The number of ketones is 1. The van der Waals surface area contributed by atoms with Crippen LogP contribution >= 0.6 is 0 Å². The van der Waals surface area contributed by atoms with E-state index in [9.17, 15) is 19.5 Å². The van der Waals surface area contributed by atoms with Crippen molar-refractivity contribution in [1.82, 2.24) is 0 Å². The van der Waals surface area contributed by atoms with E-state index in [2.05, 4.69) is 0 Å². The molecule has 0 fully saturated rings. The highest BCUT2D eigenvalue weighted by molar-refractivity contribution is 6.38. The van der Waals surface area contributed by atoms with Crippen LogP contribution in [0.5, 0.6) is 0 Å². The average Bonchev–Trinajstić information content (AvgIpc) is 2.28. The lowest BCUT2D eigenvalue weighted by Gasteiger charge is -2.25. The molecule has 5 nitrogen and oxygen atoms in total. The van der Waals surface area contributed by atoms with E-state index in [-0.39, 0.29) is 12.8 Å². The Hall–Kier alpha value is -1.39. The first-order chi connectivity index (χ1) is 7.92. The summed E-state index contributed by atoms with van der Waals surface area (Å²) in [5, 5.41) is 18.0. The largest absolute Gasteiger partial charge is 0.480 e. The number of unbranched alkanes of at least 4 members (excludes halogenated alkanes) is 2. The Kier molecular flexibility index (Phi) is 6.46. The average molecular weight is 244 g/mol. The van der Waals surface area contributed by atoms with Gasteiger partial charge in [0.1, 0.15) is 5.41 Å². The molecule has 0 rings (SSSR count). The molecule has 0 bridgehead atoms. The van der Waals surface area contributed by atoms with Gasteiger partial charge in [0.15, 0.2) is 0 Å². The summed E-state index contributed by atoms with van der Waals surface area (Å²) in [6.45, 7) is 3.75. The van der Waals surface area contributed by atoms with Crippen molar-refractivity contribution in [3.05, 3.63) is 0 Å². The number of carboxylic acid groups (broad SMARTS) is 2. The fourth-order valence-corrected chi connectivity index (χ4v) is 1.82. The van der Waals surface area contributed by atoms with Gasteiger partial charge in [-0.3, -0.25) is 9.59 Å². The van der Waals surface area contributed by atoms with Crippen LogP contribution in [-0.2, 0) is 14.4 Å². The van der Waals surface area contributed by atoms with E-state index >= 15 is 0 Å². The number of Topliss-reactive ketones (excluding diaryl/α,β-unsaturated/α-hetero) is 1. The number of carbonyl (C=O) groups is 3. The molecule has 0 atom stereocenters. The monoisotopic (exact) mass is 244 g/mol. The van der Waals surface area contributed by atoms with E-state index in [1.54, 1.807) is 0 Å². The van der Waals surface area contributed by atoms with Gasteiger partial charge >= 0.3 is 11.9 Å². The molecule has 0 aliphatic heterocycles. The minimum atomic E-state index is -1.74. The zero-order chi connectivity index (χ0) is 13.5. The summed E-state index contributed by atoms with van der Waals surface area (Å²) in [5.74, 6) is -4.15. The first-order valence-corrected chi connectivity index (χ1v) is 5.93. The molecule has 0 aliphatic carbocycles. The molecule has 0 aliphatic rings. The summed E-state index contributed by atoms with van der Waals surface area (Å²) < 4.78 is 0. The van der Waals surface area contributed by atoms with Crippen molar-refractivity contribution in [2.24, 2.45) is 5.41 Å². The number of aliphatic carboxylic acids is 2. The zero-order valence-electron chi connectivity index (χ0n) is 10.4. The molecule has 5 heteroatoms. The lowest BCUT2D eigenvalue weighted by molar-refractivity contribution is -0.165. The van der Waals surface area contributed by atoms with Gasteiger partial charge in [0.25, 0.3) is 5.78 Å². The van der Waals surface area contributed by atoms with E-state index in [0.29, 0.717) is 12.8 Å². The molecule has 0 heterocycles. The summed E-state index contributed by atoms with van der Waals surface area (Å²) in [6.07, 6.45) is 2.74. The molecule has 0 aromatic rings. The smallest absolute Gasteiger partial charge is 0.373 e. The van der Waals surface area contributed by atoms with Gasteiger partial charge in [-0.15, -0.1) is 0 Å². The first-order valence-electron chi connectivity index (χ1n) is 5.93. The molecule has 98 valence electrons. The lowest BCUT2D eigenvalue weighted by atomic mass is 9.74. The number of rotatable bonds is 9. The van der Waals surface area contributed by atoms with Crippen LogP contribution in [0.4, 0.5) is 0 Å². The summed E-state index contributed by atoms with van der Waals surface area (Å²) >= 11 is 0. The van der Waals surface area contributed by atoms with Gasteiger partial charge in [0.2, 0.25) is 0 Å². The highest BCUT2D eigenvalue weighted by atomic mass is 16.4. The highest BCUT2D eigenvalue weighted by Gasteiger charge is 2.47. The van der Waals surface area contributed by atoms with E-state index in [4.69, 9.17) is 5.11 Å². The van der Waals surface area contributed by atoms with Crippen LogP contribution in [0.2, 0.25) is 0 Å². The molecule has 0 aromatic heterocycles. The fourth-order valence-electron chi connectivity index (χ4n) is 1.82. The quantitative estimate of drug-likeness (QED) is 0.478. The molecule has 2 N–H and O–H groups in total. The van der Waals surface area contributed by atoms with Crippen LogP contribution in [0.15, 0.2) is 0 Å². The SMILES string of the molecule is CCCCC(CCCC)(C(=O)O)C(=O)C(=O)O. The molecule has 0 saturated carbocycles. The highest BCUT2D eigenvalue weighted by Crippen LogP contribution is 2.33. The van der Waals surface area contributed by atoms with Crippen molar-refractivity contribution in [3.63, 3.8) is 0 Å². The Morgan fingerprint density at radius 3 is 1.59 bits per heavy atom. The predicted molar refractivity (Wildman–Crippen MR) is 61.8 cm³/mol. The lowest BCUT2D eigenvalue weighted by Crippen LogP contribution is -2.43. The molecule has 0 saturated heterocycles. The molecule has 0 aromatic carbocycles. The van der Waals surface area contributed by atoms with Gasteiger partial charge in [0.05, 0.1) is 0 Å². The molecule has 0 amide bonds. The van der Waals surface area contributed by atoms with Crippen LogP contribution in [-0.4, -0.2) is 27.9 Å². The Bertz CT molecular complexity index is 287. The van der Waals surface area contributed by atoms with E-state index in [1.165, 1.54) is 0 Å². The van der Waals surface area contributed by atoms with Crippen molar-refractivity contribution in [2.45, 2.75) is 52.4 Å². The molecule has 17 heavy (non-hydrogen) atoms. The third-order valence-corrected chi connectivity index (χ3v) is 2.95. The van der Waals surface area contributed by atoms with Crippen molar-refractivity contribution in [1.29, 1.82) is 0 Å². The summed E-state index contributed by atoms with van der Waals surface area (Å²) in [7, 11) is 0. The van der Waals surface area contributed by atoms with Crippen molar-refractivity contribution in [2.75, 3.05) is 0 Å². The first kappa shape index (κ1) is 15.6. The van der Waals surface area contributed by atoms with Crippen LogP contribution in [0.1, 0.15) is 52.4 Å². The van der Waals surface area contributed by atoms with Crippen LogP contribution in [0.3, 0.4) is 0 Å². The minimum Gasteiger partial charge on any atom is -0.480 e. The predicted octanol–water partition coefficient (Wildman–Crippen LogP) is 2.09. The molecule has 0 radical (unpaired) electrons. The third kappa shape index (κ3) is 3.84. The van der Waals surface area contributed by atoms with E-state index < -0.39 is 23.1 Å². The van der Waals surface area contributed by atoms with E-state index in [0.717, 1.165) is 12.8 Å². The van der Waals surface area contributed by atoms with E-state index in [1.807, 2.05) is 13.8 Å². The normalized spacial score (nSPS) is 11.2. The Morgan fingerprint density at radius 2 is 1.35 bits per heavy atom. The van der Waals surface area contributed by atoms with Crippen LogP contribution in [0, 0.1) is 5.41 Å². The van der Waals surface area contributed by atoms with Gasteiger partial charge < -0.3 is 10.2 Å². The van der Waals surface area contributed by atoms with Gasteiger partial charge in [-0.1, -0.05) is 39.5 Å². The van der Waals surface area contributed by atoms with Crippen LogP contribution in [0.25, 0.3) is 0 Å². The Balaban J connectivity index is 5.15. The zero-order valence-corrected chi connectivity index (χ0v) is 10.4. The van der Waals surface area contributed by atoms with Gasteiger partial charge in [0, 0.05) is 0 Å². The molecular formula is C12H20O5. The van der Waals surface area contributed by atoms with Crippen molar-refractivity contribution >= 4 is 17.7 Å². The Labute approximate surface area is 101 Å². The standard InChI is InChI=1S/C12H20O5/c1-3-5-7-12(11(16)17,8-6-4-2)9(13)10(14)15/h3-8H2,1-2H3,(H,14,15)(H,16,17). The minimum absolute atomic E-state index is 0.101. The topological polar surface area (TPSA) is 91.7 Å². The second kappa shape index (κ2) is 7.04. The number of carbonyl (C=O) groups excluding carboxylic acids is 1. The fraction of sp³-hybridized carbons (Fsp3) is 0.750. The maximum absolute atomic E-state index is 11.6. The van der Waals surface area contributed by atoms with Crippen molar-refractivity contribution in [3.8, 4) is 0 Å². The summed E-state index contributed by atoms with van der Waals surface area (Å²) in [5.41, 5.74) is -1.74. The van der Waals surface area contributed by atoms with Crippen LogP contribution < -0.4 is 0 Å². The molecule has 0 spiro atoms. The second-order valence-electron chi connectivity index (χ2n) is 4.23. The van der Waals surface area contributed by atoms with Gasteiger partial charge in [-0.2, -0.15) is 0 Å². The number of hydrogen-bond donors (Lipinski definition) is 2. The maximum Gasteiger partial charge on any atom is 0.373 e. The third-order valence-electron chi connectivity index (χ3n) is 2.95. The van der Waals surface area contributed by atoms with Crippen molar-refractivity contribution < 1.29 is 24.6 Å². The summed E-state index contributed by atoms with van der Waals surface area (Å²) in [6, 6.07) is 0. The summed E-state index contributed by atoms with van der Waals surface area (Å²) in [4.78, 5) is 33.7. The number of hydrogen-bond acceptors (Lipinski definition) is 3. The Morgan fingerprint density at radius 1 is 0.941 bits per heavy atom. The van der Waals surface area contributed by atoms with Gasteiger partial charge in [-0.25, -0.2) is 4.79 Å². The molecule has 0 unspecified atom stereocenters. The second-order valence-corrected chi connectivity index (χ2v) is 4.23. The molecular weight excluding hydrogens is 224 g/mol. The maximum atomic E-state index is 11.6. The van der Waals surface area contributed by atoms with Gasteiger partial charge in [-0.05, 0) is 12.8 Å². The number of carboxylic acids is 2.